The van der Waals surface area contributed by atoms with Gasteiger partial charge in [-0.1, -0.05) is 24.3 Å². The number of piperidine rings is 1. The topological polar surface area (TPSA) is 189 Å². The van der Waals surface area contributed by atoms with Crippen molar-refractivity contribution in [2.24, 2.45) is 0 Å². The zero-order chi connectivity index (χ0) is 41.9. The highest BCUT2D eigenvalue weighted by Crippen LogP contribution is 2.37. The molecule has 1 atom stereocenters. The van der Waals surface area contributed by atoms with E-state index in [0.29, 0.717) is 35.2 Å². The van der Waals surface area contributed by atoms with Crippen LogP contribution in [-0.4, -0.2) is 89.3 Å². The Morgan fingerprint density at radius 1 is 0.950 bits per heavy atom. The van der Waals surface area contributed by atoms with Crippen LogP contribution in [0.3, 0.4) is 0 Å². The minimum absolute atomic E-state index is 0.0485. The summed E-state index contributed by atoms with van der Waals surface area (Å²) >= 11 is 1.41. The number of aromatic nitrogens is 2. The number of carbonyl (C=O) groups excluding carboxylic acids is 6. The Hall–Kier alpha value is -6.78. The third kappa shape index (κ3) is 8.24. The van der Waals surface area contributed by atoms with E-state index in [-0.39, 0.29) is 62.0 Å². The lowest BCUT2D eigenvalue weighted by Crippen LogP contribution is -2.54. The van der Waals surface area contributed by atoms with Crippen LogP contribution in [0.5, 0.6) is 5.75 Å². The molecule has 6 amide bonds. The summed E-state index contributed by atoms with van der Waals surface area (Å²) in [7, 11) is 0. The van der Waals surface area contributed by atoms with E-state index in [9.17, 15) is 28.8 Å². The predicted octanol–water partition coefficient (Wildman–Crippen LogP) is 5.11. The Morgan fingerprint density at radius 3 is 2.63 bits per heavy atom. The molecule has 3 aliphatic rings. The number of imide groups is 2. The number of rotatable bonds is 14. The van der Waals surface area contributed by atoms with Gasteiger partial charge in [0.2, 0.25) is 17.7 Å². The average Bonchev–Trinajstić information content (AvgIpc) is 3.90. The molecule has 0 spiro atoms. The molecule has 15 nitrogen and oxygen atoms in total. The van der Waals surface area contributed by atoms with Crippen molar-refractivity contribution in [3.63, 3.8) is 0 Å². The fraction of sp³-hybridized carbons (Fsp3) is 0.273. The van der Waals surface area contributed by atoms with Crippen molar-refractivity contribution in [2.45, 2.75) is 45.6 Å². The van der Waals surface area contributed by atoms with E-state index >= 15 is 0 Å². The zero-order valence-corrected chi connectivity index (χ0v) is 33.7. The number of pyridine rings is 1. The minimum atomic E-state index is -1.04. The number of amides is 6. The fourth-order valence-corrected chi connectivity index (χ4v) is 8.50. The fourth-order valence-electron chi connectivity index (χ4n) is 7.65. The number of hydrogen-bond acceptors (Lipinski definition) is 12. The van der Waals surface area contributed by atoms with Crippen molar-refractivity contribution >= 4 is 63.3 Å². The monoisotopic (exact) mass is 827 g/mol. The van der Waals surface area contributed by atoms with Crippen LogP contribution < -0.4 is 25.6 Å². The maximum absolute atomic E-state index is 13.3. The van der Waals surface area contributed by atoms with Gasteiger partial charge in [-0.15, -0.1) is 11.3 Å². The Kier molecular flexibility index (Phi) is 11.5. The molecule has 60 heavy (non-hydrogen) atoms. The second-order valence-corrected chi connectivity index (χ2v) is 15.8. The zero-order valence-electron chi connectivity index (χ0n) is 32.9. The molecule has 1 fully saturated rings. The highest BCUT2D eigenvalue weighted by atomic mass is 32.1. The molecule has 0 bridgehead atoms. The Balaban J connectivity index is 0.784. The number of fused-ring (bicyclic) bond motifs is 2. The van der Waals surface area contributed by atoms with E-state index in [1.165, 1.54) is 11.3 Å². The van der Waals surface area contributed by atoms with Gasteiger partial charge in [0.05, 0.1) is 42.0 Å². The van der Waals surface area contributed by atoms with Gasteiger partial charge in [-0.05, 0) is 85.8 Å². The van der Waals surface area contributed by atoms with E-state index in [2.05, 4.69) is 27.0 Å². The lowest BCUT2D eigenvalue weighted by molar-refractivity contribution is -0.136. The second kappa shape index (κ2) is 17.2. The maximum Gasteiger partial charge on any atom is 0.264 e. The third-order valence-corrected chi connectivity index (χ3v) is 11.5. The van der Waals surface area contributed by atoms with Gasteiger partial charge in [0.1, 0.15) is 18.4 Å². The SMILES string of the molecule is Cc1ccncc1C(=O)N1CCc2cc(-c3nc(NC(=O)Cc4cccc(OCCOCCNc5cccc6c5C(=O)N(C5CCC(=O)NC5=O)C6=O)c4)sc3C)ccc21. The van der Waals surface area contributed by atoms with E-state index < -0.39 is 29.7 Å². The Morgan fingerprint density at radius 2 is 1.80 bits per heavy atom. The molecule has 1 saturated heterocycles. The highest BCUT2D eigenvalue weighted by Gasteiger charge is 2.45. The molecule has 5 aromatic rings. The average molecular weight is 828 g/mol. The van der Waals surface area contributed by atoms with E-state index in [1.807, 2.05) is 44.2 Å². The molecular weight excluding hydrogens is 787 g/mol. The van der Waals surface area contributed by atoms with Gasteiger partial charge in [0, 0.05) is 53.7 Å². The Labute approximate surface area is 349 Å². The predicted molar refractivity (Wildman–Crippen MR) is 223 cm³/mol. The van der Waals surface area contributed by atoms with Crippen LogP contribution in [-0.2, 0) is 32.0 Å². The number of thiazole rings is 1. The van der Waals surface area contributed by atoms with Gasteiger partial charge < -0.3 is 25.0 Å². The summed E-state index contributed by atoms with van der Waals surface area (Å²) in [4.78, 5) is 89.4. The molecule has 0 aliphatic carbocycles. The van der Waals surface area contributed by atoms with Crippen LogP contribution in [0, 0.1) is 13.8 Å². The van der Waals surface area contributed by atoms with Crippen molar-refractivity contribution in [3.8, 4) is 17.0 Å². The second-order valence-electron chi connectivity index (χ2n) is 14.6. The van der Waals surface area contributed by atoms with E-state index in [1.54, 1.807) is 47.6 Å². The van der Waals surface area contributed by atoms with Crippen LogP contribution in [0.4, 0.5) is 16.5 Å². The van der Waals surface area contributed by atoms with Crippen LogP contribution in [0.1, 0.15) is 65.5 Å². The molecule has 1 unspecified atom stereocenters. The normalized spacial score (nSPS) is 15.8. The van der Waals surface area contributed by atoms with Crippen LogP contribution in [0.25, 0.3) is 11.3 Å². The summed E-state index contributed by atoms with van der Waals surface area (Å²) in [5, 5.41) is 8.79. The first-order valence-corrected chi connectivity index (χ1v) is 20.4. The number of nitrogens with one attached hydrogen (secondary N) is 3. The highest BCUT2D eigenvalue weighted by molar-refractivity contribution is 7.16. The molecule has 3 aliphatic heterocycles. The number of hydrogen-bond donors (Lipinski definition) is 3. The number of benzene rings is 3. The summed E-state index contributed by atoms with van der Waals surface area (Å²) in [5.74, 6) is -1.92. The van der Waals surface area contributed by atoms with Crippen LogP contribution in [0.2, 0.25) is 0 Å². The minimum Gasteiger partial charge on any atom is -0.491 e. The van der Waals surface area contributed by atoms with Crippen molar-refractivity contribution in [3.05, 3.63) is 117 Å². The van der Waals surface area contributed by atoms with Gasteiger partial charge in [-0.3, -0.25) is 44.0 Å². The first kappa shape index (κ1) is 40.0. The lowest BCUT2D eigenvalue weighted by Gasteiger charge is -2.27. The van der Waals surface area contributed by atoms with Gasteiger partial charge in [-0.2, -0.15) is 0 Å². The van der Waals surface area contributed by atoms with Crippen molar-refractivity contribution in [2.75, 3.05) is 48.4 Å². The number of ether oxygens (including phenoxy) is 2. The Bertz CT molecular complexity index is 2560. The van der Waals surface area contributed by atoms with Crippen LogP contribution in [0.15, 0.2) is 79.1 Å². The molecule has 2 aromatic heterocycles. The summed E-state index contributed by atoms with van der Waals surface area (Å²) in [5.41, 5.74) is 6.74. The van der Waals surface area contributed by atoms with E-state index in [4.69, 9.17) is 14.5 Å². The summed E-state index contributed by atoms with van der Waals surface area (Å²) < 4.78 is 11.6. The molecule has 3 aromatic carbocycles. The van der Waals surface area contributed by atoms with Crippen LogP contribution >= 0.6 is 11.3 Å². The molecule has 306 valence electrons. The number of carbonyl (C=O) groups is 6. The van der Waals surface area contributed by atoms with Gasteiger partial charge in [0.15, 0.2) is 5.13 Å². The molecule has 0 saturated carbocycles. The largest absolute Gasteiger partial charge is 0.491 e. The van der Waals surface area contributed by atoms with Crippen molar-refractivity contribution < 1.29 is 38.2 Å². The smallest absolute Gasteiger partial charge is 0.264 e. The van der Waals surface area contributed by atoms with Gasteiger partial charge in [-0.25, -0.2) is 4.98 Å². The summed E-state index contributed by atoms with van der Waals surface area (Å²) in [6.07, 6.45) is 4.28. The first-order valence-electron chi connectivity index (χ1n) is 19.6. The number of nitrogens with zero attached hydrogens (tertiary/aromatic N) is 4. The first-order chi connectivity index (χ1) is 29.0. The van der Waals surface area contributed by atoms with Gasteiger partial charge >= 0.3 is 0 Å². The van der Waals surface area contributed by atoms with E-state index in [0.717, 1.165) is 49.8 Å². The van der Waals surface area contributed by atoms with Gasteiger partial charge in [0.25, 0.3) is 17.7 Å². The quantitative estimate of drug-likeness (QED) is 0.0997. The summed E-state index contributed by atoms with van der Waals surface area (Å²) in [6.45, 7) is 5.62. The molecule has 0 radical (unpaired) electrons. The molecule has 16 heteroatoms. The molecule has 8 rings (SSSR count). The summed E-state index contributed by atoms with van der Waals surface area (Å²) in [6, 6.07) is 19.0. The van der Waals surface area contributed by atoms with Crippen molar-refractivity contribution in [1.29, 1.82) is 0 Å². The molecular formula is C44H41N7O8S. The standard InChI is InChI=1S/C44H41N7O8S/c1-25-13-15-45-24-32(25)41(55)50-17-14-28-23-29(9-10-34(28)50)39-26(2)60-44(49-39)48-37(53)22-27-5-3-6-30(21-27)59-20-19-58-18-16-46-33-8-4-7-31-38(33)43(57)51(42(31)56)35-11-12-36(52)47-40(35)54/h3-10,13,15,21,23-24,35,46H,11-12,14,16-20,22H2,1-2H3,(H,47,52,54)(H,48,49,53). The third-order valence-electron chi connectivity index (χ3n) is 10.6. The van der Waals surface area contributed by atoms with Crippen molar-refractivity contribution in [1.82, 2.24) is 20.2 Å². The lowest BCUT2D eigenvalue weighted by atomic mass is 10.0. The number of anilines is 3. The molecule has 5 heterocycles. The molecule has 3 N–H and O–H groups in total. The maximum atomic E-state index is 13.3. The number of aryl methyl sites for hydroxylation is 2.